The molecule has 0 radical (unpaired) electrons. The molecule has 1 amide bonds. The van der Waals surface area contributed by atoms with Crippen LogP contribution in [0.2, 0.25) is 0 Å². The Kier molecular flexibility index (Phi) is 6.07. The molecule has 4 heteroatoms. The quantitative estimate of drug-likeness (QED) is 0.867. The molecule has 0 aromatic heterocycles. The normalized spacial score (nSPS) is 17.9. The maximum absolute atomic E-state index is 12.7. The van der Waals surface area contributed by atoms with E-state index in [1.807, 2.05) is 37.3 Å². The van der Waals surface area contributed by atoms with Crippen LogP contribution < -0.4 is 10.1 Å². The Hall–Kier alpha value is -2.33. The number of ether oxygens (including phenoxy) is 1. The molecule has 2 aromatic carbocycles. The van der Waals surface area contributed by atoms with E-state index in [2.05, 4.69) is 34.5 Å². The van der Waals surface area contributed by atoms with Crippen molar-refractivity contribution < 1.29 is 9.53 Å². The lowest BCUT2D eigenvalue weighted by molar-refractivity contribution is -0.121. The minimum atomic E-state index is 0.0205. The molecular weight excluding hydrogens is 312 g/mol. The van der Waals surface area contributed by atoms with E-state index in [1.54, 1.807) is 0 Å². The van der Waals surface area contributed by atoms with Crippen molar-refractivity contribution in [3.05, 3.63) is 60.2 Å². The number of nitrogens with one attached hydrogen (secondary N) is 1. The van der Waals surface area contributed by atoms with Gasteiger partial charge in [0.25, 0.3) is 0 Å². The molecule has 1 saturated heterocycles. The number of hydrogen-bond donors (Lipinski definition) is 1. The zero-order valence-corrected chi connectivity index (χ0v) is 14.8. The Morgan fingerprint density at radius 3 is 2.72 bits per heavy atom. The van der Waals surface area contributed by atoms with Crippen molar-refractivity contribution in [1.29, 1.82) is 0 Å². The molecule has 1 unspecified atom stereocenters. The number of likely N-dealkylation sites (tertiary alicyclic amines) is 1. The second-order valence-corrected chi connectivity index (χ2v) is 6.48. The summed E-state index contributed by atoms with van der Waals surface area (Å²) in [6.45, 7) is 5.29. The molecule has 25 heavy (non-hydrogen) atoms. The molecule has 132 valence electrons. The van der Waals surface area contributed by atoms with Crippen LogP contribution in [0.15, 0.2) is 54.6 Å². The first kappa shape index (κ1) is 17.5. The van der Waals surface area contributed by atoms with Crippen molar-refractivity contribution in [1.82, 2.24) is 4.90 Å². The largest absolute Gasteiger partial charge is 0.492 e. The van der Waals surface area contributed by atoms with Crippen LogP contribution in [-0.4, -0.2) is 30.5 Å². The Bertz CT molecular complexity index is 687. The highest BCUT2D eigenvalue weighted by Gasteiger charge is 2.26. The molecule has 0 saturated carbocycles. The zero-order chi connectivity index (χ0) is 17.5. The van der Waals surface area contributed by atoms with Gasteiger partial charge < -0.3 is 10.1 Å². The molecule has 0 bridgehead atoms. The van der Waals surface area contributed by atoms with E-state index in [9.17, 15) is 4.79 Å². The average Bonchev–Trinajstić information content (AvgIpc) is 2.64. The van der Waals surface area contributed by atoms with Gasteiger partial charge >= 0.3 is 0 Å². The van der Waals surface area contributed by atoms with Gasteiger partial charge in [-0.3, -0.25) is 9.69 Å². The molecule has 0 aliphatic carbocycles. The van der Waals surface area contributed by atoms with Gasteiger partial charge in [-0.15, -0.1) is 0 Å². The Morgan fingerprint density at radius 1 is 1.16 bits per heavy atom. The lowest BCUT2D eigenvalue weighted by atomic mass is 9.96. The Morgan fingerprint density at radius 2 is 1.92 bits per heavy atom. The van der Waals surface area contributed by atoms with Crippen LogP contribution in [0, 0.1) is 5.92 Å². The smallest absolute Gasteiger partial charge is 0.228 e. The molecule has 2 aromatic rings. The molecule has 1 heterocycles. The van der Waals surface area contributed by atoms with E-state index in [0.29, 0.717) is 6.61 Å². The van der Waals surface area contributed by atoms with Crippen molar-refractivity contribution in [2.75, 3.05) is 25.0 Å². The monoisotopic (exact) mass is 338 g/mol. The molecule has 3 rings (SSSR count). The van der Waals surface area contributed by atoms with Gasteiger partial charge in [-0.1, -0.05) is 42.5 Å². The van der Waals surface area contributed by atoms with Gasteiger partial charge in [0.1, 0.15) is 5.75 Å². The molecule has 4 nitrogen and oxygen atoms in total. The Labute approximate surface area is 149 Å². The predicted molar refractivity (Wildman–Crippen MR) is 101 cm³/mol. The highest BCUT2D eigenvalue weighted by Crippen LogP contribution is 2.26. The summed E-state index contributed by atoms with van der Waals surface area (Å²) in [5.74, 6) is 0.840. The summed E-state index contributed by atoms with van der Waals surface area (Å²) in [7, 11) is 0. The number of nitrogens with zero attached hydrogens (tertiary/aromatic N) is 1. The van der Waals surface area contributed by atoms with E-state index in [4.69, 9.17) is 4.74 Å². The minimum absolute atomic E-state index is 0.0205. The number of benzene rings is 2. The van der Waals surface area contributed by atoms with Gasteiger partial charge in [0, 0.05) is 13.1 Å². The van der Waals surface area contributed by atoms with E-state index in [-0.39, 0.29) is 11.8 Å². The summed E-state index contributed by atoms with van der Waals surface area (Å²) >= 11 is 0. The van der Waals surface area contributed by atoms with Crippen molar-refractivity contribution in [3.8, 4) is 5.75 Å². The van der Waals surface area contributed by atoms with Gasteiger partial charge in [-0.05, 0) is 44.0 Å². The molecule has 1 aliphatic heterocycles. The highest BCUT2D eigenvalue weighted by atomic mass is 16.5. The molecule has 1 N–H and O–H groups in total. The number of piperidine rings is 1. The standard InChI is InChI=1S/C21H26N2O2/c1-2-25-20-13-7-6-12-19(20)22-21(24)18-11-8-14-23(16-18)15-17-9-4-3-5-10-17/h3-7,9-10,12-13,18H,2,8,11,14-16H2,1H3,(H,22,24). The first-order valence-electron chi connectivity index (χ1n) is 9.05. The summed E-state index contributed by atoms with van der Waals surface area (Å²) < 4.78 is 5.60. The van der Waals surface area contributed by atoms with Crippen LogP contribution in [-0.2, 0) is 11.3 Å². The molecule has 1 fully saturated rings. The zero-order valence-electron chi connectivity index (χ0n) is 14.8. The third-order valence-corrected chi connectivity index (χ3v) is 4.57. The van der Waals surface area contributed by atoms with Gasteiger partial charge in [0.2, 0.25) is 5.91 Å². The average molecular weight is 338 g/mol. The topological polar surface area (TPSA) is 41.6 Å². The van der Waals surface area contributed by atoms with Gasteiger partial charge in [0.05, 0.1) is 18.2 Å². The van der Waals surface area contributed by atoms with Crippen molar-refractivity contribution in [3.63, 3.8) is 0 Å². The maximum atomic E-state index is 12.7. The minimum Gasteiger partial charge on any atom is -0.492 e. The summed E-state index contributed by atoms with van der Waals surface area (Å²) in [6.07, 6.45) is 1.99. The fourth-order valence-corrected chi connectivity index (χ4v) is 3.34. The van der Waals surface area contributed by atoms with Crippen molar-refractivity contribution in [2.45, 2.75) is 26.3 Å². The number of anilines is 1. The van der Waals surface area contributed by atoms with Crippen LogP contribution in [0.4, 0.5) is 5.69 Å². The van der Waals surface area contributed by atoms with Gasteiger partial charge in [-0.2, -0.15) is 0 Å². The van der Waals surface area contributed by atoms with Gasteiger partial charge in [0.15, 0.2) is 0 Å². The highest BCUT2D eigenvalue weighted by molar-refractivity contribution is 5.94. The van der Waals surface area contributed by atoms with E-state index >= 15 is 0 Å². The first-order valence-corrected chi connectivity index (χ1v) is 9.05. The molecule has 0 spiro atoms. The summed E-state index contributed by atoms with van der Waals surface area (Å²) in [6, 6.07) is 18.1. The Balaban J connectivity index is 1.60. The number of rotatable bonds is 6. The summed E-state index contributed by atoms with van der Waals surface area (Å²) in [4.78, 5) is 15.1. The van der Waals surface area contributed by atoms with Crippen molar-refractivity contribution in [2.24, 2.45) is 5.92 Å². The molecule has 1 aliphatic rings. The fraction of sp³-hybridized carbons (Fsp3) is 0.381. The second kappa shape index (κ2) is 8.67. The number of para-hydroxylation sites is 2. The maximum Gasteiger partial charge on any atom is 0.228 e. The summed E-state index contributed by atoms with van der Waals surface area (Å²) in [5.41, 5.74) is 2.06. The van der Waals surface area contributed by atoms with Crippen LogP contribution in [0.1, 0.15) is 25.3 Å². The van der Waals surface area contributed by atoms with Crippen molar-refractivity contribution >= 4 is 11.6 Å². The molecular formula is C21H26N2O2. The van der Waals surface area contributed by atoms with Crippen LogP contribution in [0.25, 0.3) is 0 Å². The fourth-order valence-electron chi connectivity index (χ4n) is 3.34. The summed E-state index contributed by atoms with van der Waals surface area (Å²) in [5, 5.41) is 3.06. The SMILES string of the molecule is CCOc1ccccc1NC(=O)C1CCCN(Cc2ccccc2)C1. The van der Waals surface area contributed by atoms with E-state index in [0.717, 1.165) is 43.9 Å². The predicted octanol–water partition coefficient (Wildman–Crippen LogP) is 3.94. The third kappa shape index (κ3) is 4.83. The lowest BCUT2D eigenvalue weighted by Gasteiger charge is -2.32. The number of carbonyl (C=O) groups is 1. The van der Waals surface area contributed by atoms with Gasteiger partial charge in [-0.25, -0.2) is 0 Å². The lowest BCUT2D eigenvalue weighted by Crippen LogP contribution is -2.40. The number of carbonyl (C=O) groups excluding carboxylic acids is 1. The van der Waals surface area contributed by atoms with E-state index < -0.39 is 0 Å². The van der Waals surface area contributed by atoms with E-state index in [1.165, 1.54) is 5.56 Å². The van der Waals surface area contributed by atoms with Crippen LogP contribution >= 0.6 is 0 Å². The second-order valence-electron chi connectivity index (χ2n) is 6.48. The van der Waals surface area contributed by atoms with Crippen LogP contribution in [0.5, 0.6) is 5.75 Å². The number of amides is 1. The third-order valence-electron chi connectivity index (χ3n) is 4.57. The first-order chi connectivity index (χ1) is 12.3. The van der Waals surface area contributed by atoms with Crippen LogP contribution in [0.3, 0.4) is 0 Å². The molecule has 1 atom stereocenters. The number of hydrogen-bond acceptors (Lipinski definition) is 3.